The molecule has 0 aliphatic heterocycles. The maximum atomic E-state index is 10.5. The third kappa shape index (κ3) is 1.62. The summed E-state index contributed by atoms with van der Waals surface area (Å²) in [6.07, 6.45) is 1.33. The highest BCUT2D eigenvalue weighted by atomic mass is 32.1. The van der Waals surface area contributed by atoms with Gasteiger partial charge in [-0.15, -0.1) is 11.3 Å². The zero-order valence-corrected chi connectivity index (χ0v) is 7.86. The second kappa shape index (κ2) is 3.55. The van der Waals surface area contributed by atoms with E-state index < -0.39 is 5.97 Å². The van der Waals surface area contributed by atoms with Gasteiger partial charge in [0.1, 0.15) is 0 Å². The van der Waals surface area contributed by atoms with Crippen molar-refractivity contribution in [3.63, 3.8) is 0 Å². The van der Waals surface area contributed by atoms with Gasteiger partial charge in [0.25, 0.3) is 0 Å². The number of hydrogen-bond donors (Lipinski definition) is 1. The Balaban J connectivity index is 2.36. The summed E-state index contributed by atoms with van der Waals surface area (Å²) >= 11 is 1.48. The van der Waals surface area contributed by atoms with Crippen molar-refractivity contribution in [2.45, 2.75) is 0 Å². The van der Waals surface area contributed by atoms with E-state index in [9.17, 15) is 4.79 Å². The predicted molar refractivity (Wildman–Crippen MR) is 52.3 cm³/mol. The van der Waals surface area contributed by atoms with Gasteiger partial charge in [-0.1, -0.05) is 0 Å². The van der Waals surface area contributed by atoms with Gasteiger partial charge in [0.05, 0.1) is 22.5 Å². The van der Waals surface area contributed by atoms with Crippen LogP contribution in [0.25, 0.3) is 11.4 Å². The van der Waals surface area contributed by atoms with Gasteiger partial charge in [-0.05, 0) is 12.1 Å². The normalized spacial score (nSPS) is 10.0. The van der Waals surface area contributed by atoms with Crippen molar-refractivity contribution in [2.75, 3.05) is 0 Å². The van der Waals surface area contributed by atoms with Crippen molar-refractivity contribution < 1.29 is 9.90 Å². The van der Waals surface area contributed by atoms with Crippen LogP contribution >= 0.6 is 11.3 Å². The molecular weight excluding hydrogens is 200 g/mol. The zero-order chi connectivity index (χ0) is 9.97. The molecule has 14 heavy (non-hydrogen) atoms. The highest BCUT2D eigenvalue weighted by Gasteiger charge is 2.04. The Bertz CT molecular complexity index is 436. The number of rotatable bonds is 2. The summed E-state index contributed by atoms with van der Waals surface area (Å²) in [4.78, 5) is 18.6. The number of pyridine rings is 1. The first-order valence-corrected chi connectivity index (χ1v) is 4.79. The Morgan fingerprint density at radius 1 is 1.29 bits per heavy atom. The van der Waals surface area contributed by atoms with E-state index >= 15 is 0 Å². The molecule has 0 aliphatic rings. The van der Waals surface area contributed by atoms with Gasteiger partial charge in [-0.2, -0.15) is 0 Å². The quantitative estimate of drug-likeness (QED) is 0.815. The molecule has 0 aromatic carbocycles. The smallest absolute Gasteiger partial charge is 0.337 e. The zero-order valence-electron chi connectivity index (χ0n) is 7.04. The van der Waals surface area contributed by atoms with Crippen LogP contribution in [0.15, 0.2) is 29.2 Å². The lowest BCUT2D eigenvalue weighted by atomic mass is 10.2. The van der Waals surface area contributed by atoms with E-state index in [0.29, 0.717) is 5.69 Å². The molecule has 1 N–H and O–H groups in total. The third-order valence-electron chi connectivity index (χ3n) is 1.71. The summed E-state index contributed by atoms with van der Waals surface area (Å²) in [6, 6.07) is 3.17. The maximum absolute atomic E-state index is 10.5. The molecule has 70 valence electrons. The first kappa shape index (κ1) is 8.83. The number of hydrogen-bond acceptors (Lipinski definition) is 4. The summed E-state index contributed by atoms with van der Waals surface area (Å²) in [5.74, 6) is -0.970. The minimum atomic E-state index is -0.970. The SMILES string of the molecule is O=C(O)c1ccc(-c2cscn2)nc1. The van der Waals surface area contributed by atoms with Crippen molar-refractivity contribution in [1.29, 1.82) is 0 Å². The lowest BCUT2D eigenvalue weighted by Crippen LogP contribution is -1.96. The number of carbonyl (C=O) groups is 1. The minimum absolute atomic E-state index is 0.184. The van der Waals surface area contributed by atoms with Crippen molar-refractivity contribution >= 4 is 17.3 Å². The van der Waals surface area contributed by atoms with Crippen LogP contribution in [0.1, 0.15) is 10.4 Å². The molecular formula is C9H6N2O2S. The fraction of sp³-hybridized carbons (Fsp3) is 0. The van der Waals surface area contributed by atoms with E-state index in [0.717, 1.165) is 5.69 Å². The summed E-state index contributed by atoms with van der Waals surface area (Å²) in [6.45, 7) is 0. The molecule has 0 unspecified atom stereocenters. The van der Waals surface area contributed by atoms with Gasteiger partial charge >= 0.3 is 5.97 Å². The number of aromatic carboxylic acids is 1. The number of nitrogens with zero attached hydrogens (tertiary/aromatic N) is 2. The molecule has 2 rings (SSSR count). The summed E-state index contributed by atoms with van der Waals surface area (Å²) in [7, 11) is 0. The molecule has 0 spiro atoms. The van der Waals surface area contributed by atoms with E-state index in [2.05, 4.69) is 9.97 Å². The molecule has 5 heteroatoms. The molecule has 0 saturated carbocycles. The second-order valence-corrected chi connectivity index (χ2v) is 3.33. The van der Waals surface area contributed by atoms with Crippen molar-refractivity contribution in [3.8, 4) is 11.4 Å². The molecule has 0 radical (unpaired) electrons. The number of carboxylic acids is 1. The van der Waals surface area contributed by atoms with E-state index in [4.69, 9.17) is 5.11 Å². The van der Waals surface area contributed by atoms with Gasteiger partial charge in [-0.25, -0.2) is 9.78 Å². The van der Waals surface area contributed by atoms with Crippen molar-refractivity contribution in [2.24, 2.45) is 0 Å². The van der Waals surface area contributed by atoms with E-state index in [1.807, 2.05) is 5.38 Å². The third-order valence-corrected chi connectivity index (χ3v) is 2.29. The number of thiazole rings is 1. The summed E-state index contributed by atoms with van der Waals surface area (Å²) < 4.78 is 0. The monoisotopic (exact) mass is 206 g/mol. The van der Waals surface area contributed by atoms with Crippen LogP contribution in [-0.4, -0.2) is 21.0 Å². The predicted octanol–water partition coefficient (Wildman–Crippen LogP) is 1.90. The molecule has 0 aliphatic carbocycles. The first-order chi connectivity index (χ1) is 6.77. The Morgan fingerprint density at radius 2 is 2.14 bits per heavy atom. The summed E-state index contributed by atoms with van der Waals surface area (Å²) in [5.41, 5.74) is 3.36. The lowest BCUT2D eigenvalue weighted by Gasteiger charge is -1.96. The van der Waals surface area contributed by atoms with Crippen LogP contribution in [0.2, 0.25) is 0 Å². The Hall–Kier alpha value is -1.75. The highest BCUT2D eigenvalue weighted by molar-refractivity contribution is 7.07. The average molecular weight is 206 g/mol. The van der Waals surface area contributed by atoms with Crippen LogP contribution < -0.4 is 0 Å². The average Bonchev–Trinajstić information content (AvgIpc) is 2.71. The summed E-state index contributed by atoms with van der Waals surface area (Å²) in [5, 5.41) is 10.5. The standard InChI is InChI=1S/C9H6N2O2S/c12-9(13)6-1-2-7(10-3-6)8-4-14-5-11-8/h1-5H,(H,12,13). The van der Waals surface area contributed by atoms with Crippen LogP contribution in [0, 0.1) is 0 Å². The maximum Gasteiger partial charge on any atom is 0.337 e. The van der Waals surface area contributed by atoms with Gasteiger partial charge in [0, 0.05) is 11.6 Å². The molecule has 0 bridgehead atoms. The fourth-order valence-corrected chi connectivity index (χ4v) is 1.56. The molecule has 2 heterocycles. The fourth-order valence-electron chi connectivity index (χ4n) is 1.01. The highest BCUT2D eigenvalue weighted by Crippen LogP contribution is 2.16. The molecule has 0 fully saturated rings. The van der Waals surface area contributed by atoms with Crippen LogP contribution in [0.5, 0.6) is 0 Å². The molecule has 0 amide bonds. The number of aromatic nitrogens is 2. The van der Waals surface area contributed by atoms with Gasteiger partial charge < -0.3 is 5.11 Å². The molecule has 4 nitrogen and oxygen atoms in total. The molecule has 0 saturated heterocycles. The van der Waals surface area contributed by atoms with Crippen LogP contribution in [-0.2, 0) is 0 Å². The van der Waals surface area contributed by atoms with Gasteiger partial charge in [0.15, 0.2) is 0 Å². The second-order valence-electron chi connectivity index (χ2n) is 2.61. The van der Waals surface area contributed by atoms with Crippen molar-refractivity contribution in [1.82, 2.24) is 9.97 Å². The van der Waals surface area contributed by atoms with E-state index in [1.54, 1.807) is 11.6 Å². The molecule has 2 aromatic heterocycles. The Labute approximate surface area is 83.9 Å². The van der Waals surface area contributed by atoms with Crippen molar-refractivity contribution in [3.05, 3.63) is 34.8 Å². The van der Waals surface area contributed by atoms with E-state index in [-0.39, 0.29) is 5.56 Å². The number of carboxylic acid groups (broad SMARTS) is 1. The van der Waals surface area contributed by atoms with Gasteiger partial charge in [0.2, 0.25) is 0 Å². The Morgan fingerprint density at radius 3 is 2.64 bits per heavy atom. The van der Waals surface area contributed by atoms with Crippen LogP contribution in [0.4, 0.5) is 0 Å². The van der Waals surface area contributed by atoms with E-state index in [1.165, 1.54) is 23.6 Å². The first-order valence-electron chi connectivity index (χ1n) is 3.85. The lowest BCUT2D eigenvalue weighted by molar-refractivity contribution is 0.0696. The minimum Gasteiger partial charge on any atom is -0.478 e. The largest absolute Gasteiger partial charge is 0.478 e. The van der Waals surface area contributed by atoms with Gasteiger partial charge in [-0.3, -0.25) is 4.98 Å². The Kier molecular flexibility index (Phi) is 2.24. The topological polar surface area (TPSA) is 63.1 Å². The van der Waals surface area contributed by atoms with Crippen LogP contribution in [0.3, 0.4) is 0 Å². The molecule has 2 aromatic rings. The molecule has 0 atom stereocenters.